The Kier molecular flexibility index (Phi) is 4.61. The van der Waals surface area contributed by atoms with Crippen LogP contribution in [0.15, 0.2) is 36.4 Å². The summed E-state index contributed by atoms with van der Waals surface area (Å²) in [4.78, 5) is 14.9. The number of halogens is 2. The molecule has 140 valence electrons. The molecule has 0 aliphatic carbocycles. The number of H-pyrrole nitrogens is 1. The molecule has 1 aromatic heterocycles. The van der Waals surface area contributed by atoms with Gasteiger partial charge in [0.15, 0.2) is 17.3 Å². The van der Waals surface area contributed by atoms with Gasteiger partial charge >= 0.3 is 0 Å². The lowest BCUT2D eigenvalue weighted by atomic mass is 10.0. The summed E-state index contributed by atoms with van der Waals surface area (Å²) in [6.07, 6.45) is 1.79. The number of rotatable bonds is 3. The molecule has 27 heavy (non-hydrogen) atoms. The molecule has 2 aromatic carbocycles. The van der Waals surface area contributed by atoms with Gasteiger partial charge in [0.25, 0.3) is 5.91 Å². The van der Waals surface area contributed by atoms with Crippen LogP contribution >= 0.6 is 0 Å². The highest BCUT2D eigenvalue weighted by atomic mass is 19.2. The summed E-state index contributed by atoms with van der Waals surface area (Å²) in [5.74, 6) is -2.06. The first-order chi connectivity index (χ1) is 13.0. The Bertz CT molecular complexity index is 993. The second-order valence-corrected chi connectivity index (χ2v) is 6.98. The monoisotopic (exact) mass is 370 g/mol. The van der Waals surface area contributed by atoms with Gasteiger partial charge in [-0.05, 0) is 56.7 Å². The standard InChI is InChI=1S/C20H20F2N4O/c1-26-9-7-13(8-10-26)23-20(27)19-15-11-12(5-6-17(15)24-25-19)14-3-2-4-16(21)18(14)22/h2-6,11,13H,7-10H2,1H3,(H,23,27)(H,24,25). The molecule has 1 fully saturated rings. The lowest BCUT2D eigenvalue weighted by Crippen LogP contribution is -2.43. The highest BCUT2D eigenvalue weighted by molar-refractivity contribution is 6.05. The van der Waals surface area contributed by atoms with E-state index in [1.165, 1.54) is 12.1 Å². The van der Waals surface area contributed by atoms with Crippen molar-refractivity contribution in [2.45, 2.75) is 18.9 Å². The molecule has 2 heterocycles. The summed E-state index contributed by atoms with van der Waals surface area (Å²) in [5.41, 5.74) is 1.58. The van der Waals surface area contributed by atoms with Crippen molar-refractivity contribution in [1.82, 2.24) is 20.4 Å². The summed E-state index contributed by atoms with van der Waals surface area (Å²) in [7, 11) is 2.06. The van der Waals surface area contributed by atoms with Gasteiger partial charge < -0.3 is 10.2 Å². The summed E-state index contributed by atoms with van der Waals surface area (Å²) < 4.78 is 27.7. The van der Waals surface area contributed by atoms with Crippen LogP contribution in [0.4, 0.5) is 8.78 Å². The van der Waals surface area contributed by atoms with E-state index in [0.29, 0.717) is 16.5 Å². The van der Waals surface area contributed by atoms with Gasteiger partial charge in [0, 0.05) is 17.0 Å². The van der Waals surface area contributed by atoms with Crippen molar-refractivity contribution in [3.63, 3.8) is 0 Å². The third-order valence-corrected chi connectivity index (χ3v) is 5.09. The second-order valence-electron chi connectivity index (χ2n) is 6.98. The van der Waals surface area contributed by atoms with Crippen LogP contribution in [0.3, 0.4) is 0 Å². The molecule has 4 rings (SSSR count). The van der Waals surface area contributed by atoms with Gasteiger partial charge in [-0.25, -0.2) is 8.78 Å². The third-order valence-electron chi connectivity index (χ3n) is 5.09. The molecule has 0 unspecified atom stereocenters. The molecule has 1 aliphatic heterocycles. The number of piperidine rings is 1. The molecular formula is C20H20F2N4O. The number of aromatic nitrogens is 2. The maximum Gasteiger partial charge on any atom is 0.272 e. The summed E-state index contributed by atoms with van der Waals surface area (Å²) in [6.45, 7) is 1.88. The van der Waals surface area contributed by atoms with Gasteiger partial charge in [0.05, 0.1) is 5.52 Å². The number of carbonyl (C=O) groups is 1. The molecule has 0 saturated carbocycles. The van der Waals surface area contributed by atoms with Crippen molar-refractivity contribution in [3.05, 3.63) is 53.7 Å². The molecule has 1 aliphatic rings. The zero-order valence-electron chi connectivity index (χ0n) is 14.9. The minimum Gasteiger partial charge on any atom is -0.348 e. The maximum absolute atomic E-state index is 14.1. The Morgan fingerprint density at radius 2 is 2.00 bits per heavy atom. The smallest absolute Gasteiger partial charge is 0.272 e. The number of nitrogens with one attached hydrogen (secondary N) is 2. The Morgan fingerprint density at radius 3 is 2.78 bits per heavy atom. The first-order valence-electron chi connectivity index (χ1n) is 8.95. The molecule has 0 radical (unpaired) electrons. The van der Waals surface area contributed by atoms with Crippen LogP contribution in [0.5, 0.6) is 0 Å². The van der Waals surface area contributed by atoms with Gasteiger partial charge in [-0.15, -0.1) is 0 Å². The van der Waals surface area contributed by atoms with Crippen LogP contribution in [-0.4, -0.2) is 47.2 Å². The van der Waals surface area contributed by atoms with Crippen molar-refractivity contribution in [3.8, 4) is 11.1 Å². The largest absolute Gasteiger partial charge is 0.348 e. The van der Waals surface area contributed by atoms with Crippen LogP contribution in [0.2, 0.25) is 0 Å². The number of amides is 1. The van der Waals surface area contributed by atoms with E-state index in [1.807, 2.05) is 0 Å². The fourth-order valence-electron chi connectivity index (χ4n) is 3.49. The maximum atomic E-state index is 14.1. The average Bonchev–Trinajstić information content (AvgIpc) is 3.09. The van der Waals surface area contributed by atoms with E-state index in [9.17, 15) is 13.6 Å². The zero-order chi connectivity index (χ0) is 19.0. The molecule has 7 heteroatoms. The van der Waals surface area contributed by atoms with E-state index in [-0.39, 0.29) is 23.2 Å². The Hall–Kier alpha value is -2.80. The number of likely N-dealkylation sites (tertiary alicyclic amines) is 1. The molecule has 0 spiro atoms. The first-order valence-corrected chi connectivity index (χ1v) is 8.95. The van der Waals surface area contributed by atoms with Gasteiger partial charge in [-0.3, -0.25) is 9.89 Å². The highest BCUT2D eigenvalue weighted by Gasteiger charge is 2.22. The van der Waals surface area contributed by atoms with Crippen molar-refractivity contribution >= 4 is 16.8 Å². The number of benzene rings is 2. The topological polar surface area (TPSA) is 61.0 Å². The number of carbonyl (C=O) groups excluding carboxylic acids is 1. The first kappa shape index (κ1) is 17.6. The molecule has 1 amide bonds. The van der Waals surface area contributed by atoms with E-state index in [0.717, 1.165) is 32.0 Å². The zero-order valence-corrected chi connectivity index (χ0v) is 14.9. The van der Waals surface area contributed by atoms with Gasteiger partial charge in [0.2, 0.25) is 0 Å². The summed E-state index contributed by atoms with van der Waals surface area (Å²) >= 11 is 0. The molecule has 0 atom stereocenters. The van der Waals surface area contributed by atoms with E-state index in [2.05, 4.69) is 27.5 Å². The third kappa shape index (κ3) is 3.42. The van der Waals surface area contributed by atoms with E-state index < -0.39 is 11.6 Å². The lowest BCUT2D eigenvalue weighted by molar-refractivity contribution is 0.0913. The number of hydrogen-bond donors (Lipinski definition) is 2. The molecule has 3 aromatic rings. The van der Waals surface area contributed by atoms with Crippen LogP contribution < -0.4 is 5.32 Å². The van der Waals surface area contributed by atoms with Gasteiger partial charge in [0.1, 0.15) is 0 Å². The molecule has 1 saturated heterocycles. The van der Waals surface area contributed by atoms with E-state index >= 15 is 0 Å². The van der Waals surface area contributed by atoms with Crippen LogP contribution in [0.25, 0.3) is 22.0 Å². The molecular weight excluding hydrogens is 350 g/mol. The minimum atomic E-state index is -0.905. The highest BCUT2D eigenvalue weighted by Crippen LogP contribution is 2.28. The van der Waals surface area contributed by atoms with Crippen molar-refractivity contribution in [2.75, 3.05) is 20.1 Å². The normalized spacial score (nSPS) is 16.0. The number of hydrogen-bond acceptors (Lipinski definition) is 3. The SMILES string of the molecule is CN1CCC(NC(=O)c2n[nH]c3ccc(-c4cccc(F)c4F)cc23)CC1. The van der Waals surface area contributed by atoms with Crippen LogP contribution in [-0.2, 0) is 0 Å². The Morgan fingerprint density at radius 1 is 1.22 bits per heavy atom. The van der Waals surface area contributed by atoms with Crippen molar-refractivity contribution in [1.29, 1.82) is 0 Å². The number of fused-ring (bicyclic) bond motifs is 1. The summed E-state index contributed by atoms with van der Waals surface area (Å²) in [5, 5.41) is 10.6. The quantitative estimate of drug-likeness (QED) is 0.743. The van der Waals surface area contributed by atoms with Crippen molar-refractivity contribution < 1.29 is 13.6 Å². The lowest BCUT2D eigenvalue weighted by Gasteiger charge is -2.29. The predicted molar refractivity (Wildman–Crippen MR) is 99.4 cm³/mol. The number of nitrogens with zero attached hydrogens (tertiary/aromatic N) is 2. The number of aromatic amines is 1. The molecule has 2 N–H and O–H groups in total. The minimum absolute atomic E-state index is 0.115. The van der Waals surface area contributed by atoms with Crippen LogP contribution in [0, 0.1) is 11.6 Å². The predicted octanol–water partition coefficient (Wildman–Crippen LogP) is 3.33. The van der Waals surface area contributed by atoms with Gasteiger partial charge in [-0.1, -0.05) is 18.2 Å². The Balaban J connectivity index is 1.64. The van der Waals surface area contributed by atoms with E-state index in [1.54, 1.807) is 18.2 Å². The fraction of sp³-hybridized carbons (Fsp3) is 0.300. The van der Waals surface area contributed by atoms with Crippen molar-refractivity contribution in [2.24, 2.45) is 0 Å². The van der Waals surface area contributed by atoms with Gasteiger partial charge in [-0.2, -0.15) is 5.10 Å². The van der Waals surface area contributed by atoms with Crippen LogP contribution in [0.1, 0.15) is 23.3 Å². The molecule has 5 nitrogen and oxygen atoms in total. The van der Waals surface area contributed by atoms with E-state index in [4.69, 9.17) is 0 Å². The fourth-order valence-corrected chi connectivity index (χ4v) is 3.49. The Labute approximate surface area is 155 Å². The summed E-state index contributed by atoms with van der Waals surface area (Å²) in [6, 6.07) is 9.23. The molecule has 0 bridgehead atoms. The average molecular weight is 370 g/mol. The second kappa shape index (κ2) is 7.08.